The maximum atomic E-state index is 5.85. The van der Waals surface area contributed by atoms with Gasteiger partial charge in [-0.15, -0.1) is 11.3 Å². The standard InChI is InChI=1S/C16H20N2O2S/c1-4-17-8-12-9-21-16(18-12)13-7-14-11(5-10(2)20-14)6-15(13)19-3/h6-7,9-10,17H,4-5,8H2,1-3H3. The number of hydrogen-bond donors (Lipinski definition) is 1. The fraction of sp³-hybridized carbons (Fsp3) is 0.438. The van der Waals surface area contributed by atoms with Crippen LogP contribution in [-0.2, 0) is 13.0 Å². The molecule has 112 valence electrons. The van der Waals surface area contributed by atoms with E-state index < -0.39 is 0 Å². The fourth-order valence-corrected chi connectivity index (χ4v) is 3.38. The van der Waals surface area contributed by atoms with E-state index in [0.717, 1.165) is 47.3 Å². The molecule has 0 fully saturated rings. The normalized spacial score (nSPS) is 16.6. The van der Waals surface area contributed by atoms with Gasteiger partial charge in [0.25, 0.3) is 0 Å². The third kappa shape index (κ3) is 2.89. The number of fused-ring (bicyclic) bond motifs is 1. The molecule has 2 heterocycles. The Bertz CT molecular complexity index is 639. The van der Waals surface area contributed by atoms with Crippen molar-refractivity contribution in [1.29, 1.82) is 0 Å². The number of thiazole rings is 1. The number of nitrogens with one attached hydrogen (secondary N) is 1. The molecule has 0 amide bonds. The lowest BCUT2D eigenvalue weighted by molar-refractivity contribution is 0.254. The molecule has 1 aromatic heterocycles. The van der Waals surface area contributed by atoms with Crippen molar-refractivity contribution in [3.8, 4) is 22.1 Å². The fourth-order valence-electron chi connectivity index (χ4n) is 2.54. The van der Waals surface area contributed by atoms with Crippen LogP contribution in [0.5, 0.6) is 11.5 Å². The quantitative estimate of drug-likeness (QED) is 0.921. The second kappa shape index (κ2) is 6.03. The minimum absolute atomic E-state index is 0.237. The van der Waals surface area contributed by atoms with Gasteiger partial charge in [0.05, 0.1) is 18.4 Å². The first-order valence-electron chi connectivity index (χ1n) is 7.24. The largest absolute Gasteiger partial charge is 0.496 e. The van der Waals surface area contributed by atoms with Crippen LogP contribution in [0.25, 0.3) is 10.6 Å². The van der Waals surface area contributed by atoms with Crippen LogP contribution in [0.3, 0.4) is 0 Å². The highest BCUT2D eigenvalue weighted by molar-refractivity contribution is 7.13. The van der Waals surface area contributed by atoms with Gasteiger partial charge in [0.1, 0.15) is 22.6 Å². The molecule has 5 heteroatoms. The van der Waals surface area contributed by atoms with E-state index in [1.54, 1.807) is 18.4 Å². The highest BCUT2D eigenvalue weighted by Gasteiger charge is 2.23. The highest BCUT2D eigenvalue weighted by Crippen LogP contribution is 2.40. The predicted molar refractivity (Wildman–Crippen MR) is 85.3 cm³/mol. The lowest BCUT2D eigenvalue weighted by atomic mass is 10.1. The first kappa shape index (κ1) is 14.4. The summed E-state index contributed by atoms with van der Waals surface area (Å²) in [6, 6.07) is 4.15. The molecular formula is C16H20N2O2S. The van der Waals surface area contributed by atoms with Crippen molar-refractivity contribution in [3.63, 3.8) is 0 Å². The van der Waals surface area contributed by atoms with Crippen molar-refractivity contribution >= 4 is 11.3 Å². The van der Waals surface area contributed by atoms with E-state index in [-0.39, 0.29) is 6.10 Å². The van der Waals surface area contributed by atoms with E-state index in [9.17, 15) is 0 Å². The molecule has 0 spiro atoms. The van der Waals surface area contributed by atoms with Gasteiger partial charge in [0.2, 0.25) is 0 Å². The summed E-state index contributed by atoms with van der Waals surface area (Å²) in [4.78, 5) is 4.69. The topological polar surface area (TPSA) is 43.4 Å². The molecule has 1 unspecified atom stereocenters. The average molecular weight is 304 g/mol. The van der Waals surface area contributed by atoms with Gasteiger partial charge in [-0.25, -0.2) is 4.98 Å². The van der Waals surface area contributed by atoms with Crippen LogP contribution in [-0.4, -0.2) is 24.7 Å². The highest BCUT2D eigenvalue weighted by atomic mass is 32.1. The molecule has 21 heavy (non-hydrogen) atoms. The Balaban J connectivity index is 1.94. The Morgan fingerprint density at radius 2 is 2.33 bits per heavy atom. The number of ether oxygens (including phenoxy) is 2. The van der Waals surface area contributed by atoms with Crippen molar-refractivity contribution in [2.75, 3.05) is 13.7 Å². The molecule has 1 atom stereocenters. The molecule has 1 aliphatic heterocycles. The molecule has 0 saturated heterocycles. The van der Waals surface area contributed by atoms with Gasteiger partial charge >= 0.3 is 0 Å². The van der Waals surface area contributed by atoms with Gasteiger partial charge in [-0.05, 0) is 25.6 Å². The summed E-state index contributed by atoms with van der Waals surface area (Å²) in [6.45, 7) is 5.92. The van der Waals surface area contributed by atoms with Gasteiger partial charge in [0.15, 0.2) is 0 Å². The summed E-state index contributed by atoms with van der Waals surface area (Å²) in [6.07, 6.45) is 1.18. The third-order valence-corrected chi connectivity index (χ3v) is 4.48. The number of methoxy groups -OCH3 is 1. The Kier molecular flexibility index (Phi) is 4.12. The number of nitrogens with zero attached hydrogens (tertiary/aromatic N) is 1. The lowest BCUT2D eigenvalue weighted by Crippen LogP contribution is -2.11. The second-order valence-corrected chi connectivity index (χ2v) is 6.08. The molecule has 2 aromatic rings. The van der Waals surface area contributed by atoms with Crippen LogP contribution in [0.1, 0.15) is 25.1 Å². The van der Waals surface area contributed by atoms with Crippen LogP contribution in [0.4, 0.5) is 0 Å². The maximum Gasteiger partial charge on any atom is 0.129 e. The van der Waals surface area contributed by atoms with Crippen molar-refractivity contribution in [1.82, 2.24) is 10.3 Å². The van der Waals surface area contributed by atoms with Crippen LogP contribution < -0.4 is 14.8 Å². The molecular weight excluding hydrogens is 284 g/mol. The molecule has 0 radical (unpaired) electrons. The van der Waals surface area contributed by atoms with E-state index >= 15 is 0 Å². The zero-order valence-corrected chi connectivity index (χ0v) is 13.4. The Morgan fingerprint density at radius 3 is 3.10 bits per heavy atom. The van der Waals surface area contributed by atoms with Gasteiger partial charge in [-0.3, -0.25) is 0 Å². The van der Waals surface area contributed by atoms with E-state index in [4.69, 9.17) is 14.5 Å². The zero-order valence-electron chi connectivity index (χ0n) is 12.6. The van der Waals surface area contributed by atoms with Crippen LogP contribution in [0.15, 0.2) is 17.5 Å². The van der Waals surface area contributed by atoms with Crippen molar-refractivity contribution in [3.05, 3.63) is 28.8 Å². The summed E-state index contributed by atoms with van der Waals surface area (Å²) in [5, 5.41) is 6.36. The summed E-state index contributed by atoms with van der Waals surface area (Å²) in [5.74, 6) is 1.83. The first-order valence-corrected chi connectivity index (χ1v) is 8.12. The Hall–Kier alpha value is -1.59. The molecule has 1 aromatic carbocycles. The van der Waals surface area contributed by atoms with E-state index in [0.29, 0.717) is 0 Å². The van der Waals surface area contributed by atoms with Crippen LogP contribution in [0, 0.1) is 0 Å². The minimum Gasteiger partial charge on any atom is -0.496 e. The number of hydrogen-bond acceptors (Lipinski definition) is 5. The maximum absolute atomic E-state index is 5.85. The third-order valence-electron chi connectivity index (χ3n) is 3.56. The Morgan fingerprint density at radius 1 is 1.48 bits per heavy atom. The summed E-state index contributed by atoms with van der Waals surface area (Å²) in [7, 11) is 1.71. The van der Waals surface area contributed by atoms with E-state index in [1.165, 1.54) is 5.56 Å². The summed E-state index contributed by atoms with van der Waals surface area (Å²) in [5.41, 5.74) is 3.29. The van der Waals surface area contributed by atoms with Gasteiger partial charge < -0.3 is 14.8 Å². The summed E-state index contributed by atoms with van der Waals surface area (Å²) < 4.78 is 11.4. The molecule has 4 nitrogen and oxygen atoms in total. The molecule has 0 aliphatic carbocycles. The van der Waals surface area contributed by atoms with Crippen molar-refractivity contribution in [2.45, 2.75) is 32.9 Å². The van der Waals surface area contributed by atoms with Gasteiger partial charge in [0, 0.05) is 23.9 Å². The SMILES string of the molecule is CCNCc1csc(-c2cc3c(cc2OC)CC(C)O3)n1. The minimum atomic E-state index is 0.237. The molecule has 1 N–H and O–H groups in total. The lowest BCUT2D eigenvalue weighted by Gasteiger charge is -2.09. The van der Waals surface area contributed by atoms with Crippen molar-refractivity contribution in [2.24, 2.45) is 0 Å². The van der Waals surface area contributed by atoms with Gasteiger partial charge in [-0.2, -0.15) is 0 Å². The molecule has 3 rings (SSSR count). The second-order valence-electron chi connectivity index (χ2n) is 5.22. The Labute approximate surface area is 129 Å². The number of aromatic nitrogens is 1. The number of benzene rings is 1. The smallest absolute Gasteiger partial charge is 0.129 e. The number of rotatable bonds is 5. The van der Waals surface area contributed by atoms with Crippen LogP contribution >= 0.6 is 11.3 Å². The van der Waals surface area contributed by atoms with E-state index in [1.807, 2.05) is 0 Å². The average Bonchev–Trinajstić information content (AvgIpc) is 3.08. The van der Waals surface area contributed by atoms with Crippen molar-refractivity contribution < 1.29 is 9.47 Å². The zero-order chi connectivity index (χ0) is 14.8. The molecule has 0 bridgehead atoms. The molecule has 1 aliphatic rings. The molecule has 0 saturated carbocycles. The predicted octanol–water partition coefficient (Wildman–Crippen LogP) is 3.25. The summed E-state index contributed by atoms with van der Waals surface area (Å²) >= 11 is 1.64. The van der Waals surface area contributed by atoms with Gasteiger partial charge in [-0.1, -0.05) is 6.92 Å². The monoisotopic (exact) mass is 304 g/mol. The van der Waals surface area contributed by atoms with E-state index in [2.05, 4.69) is 36.7 Å². The first-order chi connectivity index (χ1) is 10.2. The van der Waals surface area contributed by atoms with Crippen LogP contribution in [0.2, 0.25) is 0 Å².